The zero-order valence-electron chi connectivity index (χ0n) is 7.58. The van der Waals surface area contributed by atoms with Gasteiger partial charge >= 0.3 is 0 Å². The molecule has 0 saturated heterocycles. The van der Waals surface area contributed by atoms with Crippen LogP contribution in [0.4, 0.5) is 5.69 Å². The SMILES string of the molecule is Cc1ccccc1NC(=O)CCO. The van der Waals surface area contributed by atoms with Crippen molar-refractivity contribution >= 4 is 11.6 Å². The van der Waals surface area contributed by atoms with Crippen molar-refractivity contribution in [3.05, 3.63) is 29.8 Å². The van der Waals surface area contributed by atoms with Gasteiger partial charge in [0.25, 0.3) is 0 Å². The molecule has 70 valence electrons. The van der Waals surface area contributed by atoms with Crippen molar-refractivity contribution in [3.8, 4) is 0 Å². The van der Waals surface area contributed by atoms with Crippen LogP contribution in [0.3, 0.4) is 0 Å². The molecule has 13 heavy (non-hydrogen) atoms. The maximum absolute atomic E-state index is 11.1. The summed E-state index contributed by atoms with van der Waals surface area (Å²) in [6, 6.07) is 7.54. The highest BCUT2D eigenvalue weighted by atomic mass is 16.3. The number of hydrogen-bond acceptors (Lipinski definition) is 2. The quantitative estimate of drug-likeness (QED) is 0.735. The summed E-state index contributed by atoms with van der Waals surface area (Å²) in [7, 11) is 0. The number of aliphatic hydroxyl groups excluding tert-OH is 1. The van der Waals surface area contributed by atoms with Gasteiger partial charge in [0.2, 0.25) is 5.91 Å². The molecule has 1 amide bonds. The summed E-state index contributed by atoms with van der Waals surface area (Å²) in [5.41, 5.74) is 1.83. The first-order valence-electron chi connectivity index (χ1n) is 4.20. The number of nitrogens with one attached hydrogen (secondary N) is 1. The fourth-order valence-corrected chi connectivity index (χ4v) is 1.03. The van der Waals surface area contributed by atoms with E-state index in [1.807, 2.05) is 31.2 Å². The Kier molecular flexibility index (Phi) is 3.46. The Bertz CT molecular complexity index is 297. The summed E-state index contributed by atoms with van der Waals surface area (Å²) in [6.07, 6.45) is 0.147. The first kappa shape index (κ1) is 9.74. The van der Waals surface area contributed by atoms with E-state index in [1.54, 1.807) is 0 Å². The van der Waals surface area contributed by atoms with E-state index in [-0.39, 0.29) is 18.9 Å². The third kappa shape index (κ3) is 2.87. The molecular weight excluding hydrogens is 166 g/mol. The first-order valence-corrected chi connectivity index (χ1v) is 4.20. The largest absolute Gasteiger partial charge is 0.396 e. The van der Waals surface area contributed by atoms with Crippen LogP contribution in [0, 0.1) is 6.92 Å². The molecule has 2 N–H and O–H groups in total. The van der Waals surface area contributed by atoms with Crippen LogP contribution in [0.25, 0.3) is 0 Å². The summed E-state index contributed by atoms with van der Waals surface area (Å²) < 4.78 is 0. The second-order valence-corrected chi connectivity index (χ2v) is 2.84. The number of para-hydroxylation sites is 1. The molecule has 0 aromatic heterocycles. The topological polar surface area (TPSA) is 49.3 Å². The van der Waals surface area contributed by atoms with Crippen LogP contribution in [-0.4, -0.2) is 17.6 Å². The van der Waals surface area contributed by atoms with Gasteiger partial charge in [-0.1, -0.05) is 18.2 Å². The second-order valence-electron chi connectivity index (χ2n) is 2.84. The molecule has 3 heteroatoms. The van der Waals surface area contributed by atoms with Gasteiger partial charge in [-0.15, -0.1) is 0 Å². The first-order chi connectivity index (χ1) is 6.24. The number of amides is 1. The lowest BCUT2D eigenvalue weighted by Gasteiger charge is -2.06. The fourth-order valence-electron chi connectivity index (χ4n) is 1.03. The van der Waals surface area contributed by atoms with Crippen molar-refractivity contribution in [1.29, 1.82) is 0 Å². The maximum atomic E-state index is 11.1. The van der Waals surface area contributed by atoms with E-state index in [1.165, 1.54) is 0 Å². The van der Waals surface area contributed by atoms with Crippen molar-refractivity contribution in [2.75, 3.05) is 11.9 Å². The normalized spacial score (nSPS) is 9.69. The van der Waals surface area contributed by atoms with Crippen molar-refractivity contribution in [3.63, 3.8) is 0 Å². The zero-order valence-corrected chi connectivity index (χ0v) is 7.58. The van der Waals surface area contributed by atoms with Gasteiger partial charge in [0, 0.05) is 5.69 Å². The molecule has 0 aliphatic heterocycles. The summed E-state index contributed by atoms with van der Waals surface area (Å²) >= 11 is 0. The van der Waals surface area contributed by atoms with E-state index in [4.69, 9.17) is 5.11 Å². The number of hydrogen-bond donors (Lipinski definition) is 2. The van der Waals surface area contributed by atoms with Gasteiger partial charge < -0.3 is 10.4 Å². The number of aryl methyl sites for hydroxylation is 1. The fraction of sp³-hybridized carbons (Fsp3) is 0.300. The lowest BCUT2D eigenvalue weighted by molar-refractivity contribution is -0.116. The van der Waals surface area contributed by atoms with Gasteiger partial charge in [-0.05, 0) is 18.6 Å². The van der Waals surface area contributed by atoms with Crippen LogP contribution >= 0.6 is 0 Å². The standard InChI is InChI=1S/C10H13NO2/c1-8-4-2-3-5-9(8)11-10(13)6-7-12/h2-5,12H,6-7H2,1H3,(H,11,13). The summed E-state index contributed by atoms with van der Waals surface area (Å²) in [6.45, 7) is 1.81. The second kappa shape index (κ2) is 4.62. The maximum Gasteiger partial charge on any atom is 0.226 e. The third-order valence-electron chi connectivity index (χ3n) is 1.76. The predicted molar refractivity (Wildman–Crippen MR) is 51.5 cm³/mol. The molecular formula is C10H13NO2. The molecule has 0 aliphatic carbocycles. The van der Waals surface area contributed by atoms with Crippen molar-refractivity contribution in [1.82, 2.24) is 0 Å². The molecule has 0 saturated carbocycles. The highest BCUT2D eigenvalue weighted by molar-refractivity contribution is 5.91. The zero-order chi connectivity index (χ0) is 9.68. The van der Waals surface area contributed by atoms with Gasteiger partial charge in [0.05, 0.1) is 13.0 Å². The molecule has 0 heterocycles. The molecule has 0 fully saturated rings. The summed E-state index contributed by atoms with van der Waals surface area (Å²) in [5, 5.41) is 11.2. The van der Waals surface area contributed by atoms with E-state index < -0.39 is 0 Å². The van der Waals surface area contributed by atoms with Crippen LogP contribution in [0.2, 0.25) is 0 Å². The third-order valence-corrected chi connectivity index (χ3v) is 1.76. The van der Waals surface area contributed by atoms with Gasteiger partial charge in [-0.25, -0.2) is 0 Å². The number of anilines is 1. The smallest absolute Gasteiger partial charge is 0.226 e. The van der Waals surface area contributed by atoms with Crippen molar-refractivity contribution < 1.29 is 9.90 Å². The number of rotatable bonds is 3. The van der Waals surface area contributed by atoms with Crippen LogP contribution in [0.5, 0.6) is 0 Å². The Morgan fingerprint density at radius 2 is 2.15 bits per heavy atom. The Morgan fingerprint density at radius 3 is 2.77 bits per heavy atom. The predicted octanol–water partition coefficient (Wildman–Crippen LogP) is 1.32. The highest BCUT2D eigenvalue weighted by Gasteiger charge is 2.01. The number of aliphatic hydroxyl groups is 1. The molecule has 0 aliphatic rings. The Hall–Kier alpha value is -1.35. The van der Waals surface area contributed by atoms with Crippen molar-refractivity contribution in [2.24, 2.45) is 0 Å². The molecule has 3 nitrogen and oxygen atoms in total. The molecule has 0 atom stereocenters. The molecule has 1 rings (SSSR count). The average Bonchev–Trinajstić information content (AvgIpc) is 2.09. The van der Waals surface area contributed by atoms with E-state index in [0.29, 0.717) is 0 Å². The minimum Gasteiger partial charge on any atom is -0.396 e. The van der Waals surface area contributed by atoms with Crippen LogP contribution in [-0.2, 0) is 4.79 Å². The average molecular weight is 179 g/mol. The molecule has 1 aromatic rings. The van der Waals surface area contributed by atoms with Gasteiger partial charge in [0.1, 0.15) is 0 Å². The minimum atomic E-state index is -0.156. The van der Waals surface area contributed by atoms with Crippen molar-refractivity contribution in [2.45, 2.75) is 13.3 Å². The number of benzene rings is 1. The van der Waals surface area contributed by atoms with Crippen LogP contribution in [0.15, 0.2) is 24.3 Å². The van der Waals surface area contributed by atoms with E-state index in [9.17, 15) is 4.79 Å². The summed E-state index contributed by atoms with van der Waals surface area (Å²) in [5.74, 6) is -0.156. The molecule has 0 spiro atoms. The molecule has 0 radical (unpaired) electrons. The Balaban J connectivity index is 2.63. The molecule has 0 unspecified atom stereocenters. The minimum absolute atomic E-state index is 0.113. The number of carbonyl (C=O) groups is 1. The molecule has 1 aromatic carbocycles. The molecule has 0 bridgehead atoms. The van der Waals surface area contributed by atoms with E-state index >= 15 is 0 Å². The monoisotopic (exact) mass is 179 g/mol. The lowest BCUT2D eigenvalue weighted by atomic mass is 10.2. The lowest BCUT2D eigenvalue weighted by Crippen LogP contribution is -2.13. The van der Waals surface area contributed by atoms with E-state index in [0.717, 1.165) is 11.3 Å². The number of carbonyl (C=O) groups excluding carboxylic acids is 1. The van der Waals surface area contributed by atoms with Gasteiger partial charge in [0.15, 0.2) is 0 Å². The van der Waals surface area contributed by atoms with Crippen LogP contribution in [0.1, 0.15) is 12.0 Å². The summed E-state index contributed by atoms with van der Waals surface area (Å²) in [4.78, 5) is 11.1. The van der Waals surface area contributed by atoms with E-state index in [2.05, 4.69) is 5.32 Å². The highest BCUT2D eigenvalue weighted by Crippen LogP contribution is 2.12. The Labute approximate surface area is 77.4 Å². The Morgan fingerprint density at radius 1 is 1.46 bits per heavy atom. The van der Waals surface area contributed by atoms with Gasteiger partial charge in [-0.3, -0.25) is 4.79 Å². The van der Waals surface area contributed by atoms with Gasteiger partial charge in [-0.2, -0.15) is 0 Å². The van der Waals surface area contributed by atoms with Crippen LogP contribution < -0.4 is 5.32 Å².